The second-order valence-electron chi connectivity index (χ2n) is 5.78. The quantitative estimate of drug-likeness (QED) is 0.566. The zero-order chi connectivity index (χ0) is 15.9. The molecular weight excluding hydrogens is 270 g/mol. The summed E-state index contributed by atoms with van der Waals surface area (Å²) in [5.74, 6) is -0.00829. The maximum absolute atomic E-state index is 12.5. The summed E-state index contributed by atoms with van der Waals surface area (Å²) in [7, 11) is 4.16. The van der Waals surface area contributed by atoms with Gasteiger partial charge >= 0.3 is 0 Å². The fourth-order valence-electron chi connectivity index (χ4n) is 2.37. The van der Waals surface area contributed by atoms with Gasteiger partial charge in [0.25, 0.3) is 0 Å². The second kappa shape index (κ2) is 7.71. The van der Waals surface area contributed by atoms with Crippen molar-refractivity contribution in [2.75, 3.05) is 20.6 Å². The number of carbonyl (C=O) groups excluding carboxylic acids is 1. The van der Waals surface area contributed by atoms with Crippen molar-refractivity contribution in [2.24, 2.45) is 0 Å². The molecule has 0 saturated heterocycles. The van der Waals surface area contributed by atoms with E-state index in [9.17, 15) is 4.79 Å². The summed E-state index contributed by atoms with van der Waals surface area (Å²) in [5.41, 5.74) is 3.39. The van der Waals surface area contributed by atoms with Gasteiger partial charge < -0.3 is 4.90 Å². The van der Waals surface area contributed by atoms with E-state index in [1.165, 1.54) is 5.56 Å². The van der Waals surface area contributed by atoms with Crippen LogP contribution >= 0.6 is 0 Å². The highest BCUT2D eigenvalue weighted by Gasteiger charge is 2.11. The standard InChI is InChI=1S/C20H23NO/c1-16(18-9-5-4-6-10-18)20(22)19-13-11-17(12-14-19)8-7-15-21(2)3/h4-6,9-14H,1,7-8,15H2,2-3H3. The SMILES string of the molecule is C=C(C(=O)c1ccc(CCCN(C)C)cc1)c1ccccc1. The van der Waals surface area contributed by atoms with Gasteiger partial charge in [-0.1, -0.05) is 61.2 Å². The average Bonchev–Trinajstić information content (AvgIpc) is 2.54. The number of allylic oxidation sites excluding steroid dienone is 1. The first-order chi connectivity index (χ1) is 10.6. The minimum absolute atomic E-state index is 0.00829. The molecule has 0 heterocycles. The Kier molecular flexibility index (Phi) is 5.68. The van der Waals surface area contributed by atoms with E-state index in [2.05, 4.69) is 25.6 Å². The van der Waals surface area contributed by atoms with Crippen molar-refractivity contribution in [1.29, 1.82) is 0 Å². The lowest BCUT2D eigenvalue weighted by Gasteiger charge is -2.09. The Hall–Kier alpha value is -2.19. The smallest absolute Gasteiger partial charge is 0.193 e. The molecule has 0 aliphatic rings. The highest BCUT2D eigenvalue weighted by Crippen LogP contribution is 2.18. The molecule has 0 atom stereocenters. The van der Waals surface area contributed by atoms with Crippen molar-refractivity contribution in [3.63, 3.8) is 0 Å². The molecule has 0 amide bonds. The lowest BCUT2D eigenvalue weighted by atomic mass is 9.97. The van der Waals surface area contributed by atoms with Gasteiger partial charge in [0.05, 0.1) is 0 Å². The van der Waals surface area contributed by atoms with Crippen molar-refractivity contribution < 1.29 is 4.79 Å². The number of rotatable bonds is 7. The predicted octanol–water partition coefficient (Wildman–Crippen LogP) is 4.08. The number of hydrogen-bond acceptors (Lipinski definition) is 2. The molecule has 0 aliphatic carbocycles. The summed E-state index contributed by atoms with van der Waals surface area (Å²) < 4.78 is 0. The highest BCUT2D eigenvalue weighted by atomic mass is 16.1. The fraction of sp³-hybridized carbons (Fsp3) is 0.250. The molecule has 0 spiro atoms. The Morgan fingerprint density at radius 1 is 0.955 bits per heavy atom. The van der Waals surface area contributed by atoms with Crippen LogP contribution in [0.25, 0.3) is 5.57 Å². The van der Waals surface area contributed by atoms with Gasteiger partial charge in [-0.05, 0) is 44.6 Å². The van der Waals surface area contributed by atoms with Crippen molar-refractivity contribution >= 4 is 11.4 Å². The van der Waals surface area contributed by atoms with Crippen molar-refractivity contribution in [3.8, 4) is 0 Å². The zero-order valence-corrected chi connectivity index (χ0v) is 13.4. The van der Waals surface area contributed by atoms with E-state index in [0.29, 0.717) is 11.1 Å². The molecule has 0 bridgehead atoms. The van der Waals surface area contributed by atoms with Crippen LogP contribution in [0.4, 0.5) is 0 Å². The molecular formula is C20H23NO. The molecule has 2 aromatic rings. The van der Waals surface area contributed by atoms with Crippen molar-refractivity contribution in [2.45, 2.75) is 12.8 Å². The minimum atomic E-state index is -0.00829. The summed E-state index contributed by atoms with van der Waals surface area (Å²) >= 11 is 0. The molecule has 0 aliphatic heterocycles. The zero-order valence-electron chi connectivity index (χ0n) is 13.4. The molecule has 0 aromatic heterocycles. The molecule has 0 fully saturated rings. The van der Waals surface area contributed by atoms with Gasteiger partial charge in [-0.25, -0.2) is 0 Å². The number of nitrogens with zero attached hydrogens (tertiary/aromatic N) is 1. The minimum Gasteiger partial charge on any atom is -0.309 e. The van der Waals surface area contributed by atoms with Gasteiger partial charge in [0.2, 0.25) is 0 Å². The van der Waals surface area contributed by atoms with Crippen LogP contribution in [-0.2, 0) is 6.42 Å². The van der Waals surface area contributed by atoms with E-state index in [-0.39, 0.29) is 5.78 Å². The average molecular weight is 293 g/mol. The third-order valence-corrected chi connectivity index (χ3v) is 3.68. The van der Waals surface area contributed by atoms with Crippen LogP contribution in [0, 0.1) is 0 Å². The van der Waals surface area contributed by atoms with Gasteiger partial charge in [0.15, 0.2) is 5.78 Å². The number of hydrogen-bond donors (Lipinski definition) is 0. The topological polar surface area (TPSA) is 20.3 Å². The fourth-order valence-corrected chi connectivity index (χ4v) is 2.37. The number of aryl methyl sites for hydroxylation is 1. The first-order valence-corrected chi connectivity index (χ1v) is 7.60. The molecule has 2 heteroatoms. The molecule has 2 rings (SSSR count). The van der Waals surface area contributed by atoms with Crippen LogP contribution in [0.3, 0.4) is 0 Å². The summed E-state index contributed by atoms with van der Waals surface area (Å²) in [6.45, 7) is 5.01. The largest absolute Gasteiger partial charge is 0.309 e. The molecule has 2 aromatic carbocycles. The first-order valence-electron chi connectivity index (χ1n) is 7.60. The number of carbonyl (C=O) groups is 1. The molecule has 22 heavy (non-hydrogen) atoms. The Labute approximate surface area is 133 Å². The number of ketones is 1. The molecule has 0 saturated carbocycles. The summed E-state index contributed by atoms with van der Waals surface area (Å²) in [4.78, 5) is 14.6. The molecule has 114 valence electrons. The Bertz CT molecular complexity index is 627. The first kappa shape index (κ1) is 16.2. The molecule has 0 radical (unpaired) electrons. The number of benzene rings is 2. The monoisotopic (exact) mass is 293 g/mol. The lowest BCUT2D eigenvalue weighted by Crippen LogP contribution is -2.13. The van der Waals surface area contributed by atoms with Gasteiger partial charge in [-0.15, -0.1) is 0 Å². The maximum atomic E-state index is 12.5. The van der Waals surface area contributed by atoms with Crippen LogP contribution in [0.5, 0.6) is 0 Å². The van der Waals surface area contributed by atoms with E-state index < -0.39 is 0 Å². The van der Waals surface area contributed by atoms with Crippen LogP contribution < -0.4 is 0 Å². The van der Waals surface area contributed by atoms with E-state index in [0.717, 1.165) is 24.9 Å². The Morgan fingerprint density at radius 2 is 1.59 bits per heavy atom. The third kappa shape index (κ3) is 4.40. The van der Waals surface area contributed by atoms with E-state index in [1.54, 1.807) is 0 Å². The molecule has 2 nitrogen and oxygen atoms in total. The van der Waals surface area contributed by atoms with Crippen LogP contribution in [-0.4, -0.2) is 31.3 Å². The maximum Gasteiger partial charge on any atom is 0.193 e. The van der Waals surface area contributed by atoms with Crippen molar-refractivity contribution in [1.82, 2.24) is 4.90 Å². The number of Topliss-reactive ketones (excluding diaryl/α,β-unsaturated/α-hetero) is 1. The lowest BCUT2D eigenvalue weighted by molar-refractivity contribution is 0.105. The predicted molar refractivity (Wildman–Crippen MR) is 93.1 cm³/mol. The van der Waals surface area contributed by atoms with E-state index >= 15 is 0 Å². The van der Waals surface area contributed by atoms with Crippen molar-refractivity contribution in [3.05, 3.63) is 77.9 Å². The third-order valence-electron chi connectivity index (χ3n) is 3.68. The van der Waals surface area contributed by atoms with Gasteiger partial charge in [0.1, 0.15) is 0 Å². The second-order valence-corrected chi connectivity index (χ2v) is 5.78. The van der Waals surface area contributed by atoms with Gasteiger partial charge in [0, 0.05) is 11.1 Å². The van der Waals surface area contributed by atoms with E-state index in [1.807, 2.05) is 54.6 Å². The van der Waals surface area contributed by atoms with Crippen LogP contribution in [0.15, 0.2) is 61.2 Å². The summed E-state index contributed by atoms with van der Waals surface area (Å²) in [6, 6.07) is 17.5. The molecule has 0 N–H and O–H groups in total. The summed E-state index contributed by atoms with van der Waals surface area (Å²) in [5, 5.41) is 0. The molecule has 0 unspecified atom stereocenters. The Balaban J connectivity index is 2.01. The van der Waals surface area contributed by atoms with Gasteiger partial charge in [-0.3, -0.25) is 4.79 Å². The van der Waals surface area contributed by atoms with E-state index in [4.69, 9.17) is 0 Å². The normalized spacial score (nSPS) is 10.7. The van der Waals surface area contributed by atoms with Crippen LogP contribution in [0.2, 0.25) is 0 Å². The van der Waals surface area contributed by atoms with Gasteiger partial charge in [-0.2, -0.15) is 0 Å². The Morgan fingerprint density at radius 3 is 2.18 bits per heavy atom. The summed E-state index contributed by atoms with van der Waals surface area (Å²) in [6.07, 6.45) is 2.16. The highest BCUT2D eigenvalue weighted by molar-refractivity contribution is 6.28. The van der Waals surface area contributed by atoms with Crippen LogP contribution in [0.1, 0.15) is 27.9 Å².